The lowest BCUT2D eigenvalue weighted by Crippen LogP contribution is -2.21. The first kappa shape index (κ1) is 17.8. The second kappa shape index (κ2) is 7.17. The van der Waals surface area contributed by atoms with Gasteiger partial charge in [-0.15, -0.1) is 22.7 Å². The summed E-state index contributed by atoms with van der Waals surface area (Å²) in [6.07, 6.45) is 2.42. The number of carbonyl (C=O) groups excluding carboxylic acids is 1. The van der Waals surface area contributed by atoms with Gasteiger partial charge in [0.2, 0.25) is 0 Å². The van der Waals surface area contributed by atoms with Gasteiger partial charge < -0.3 is 14.3 Å². The zero-order valence-electron chi connectivity index (χ0n) is 14.4. The number of hydrogen-bond acceptors (Lipinski definition) is 7. The van der Waals surface area contributed by atoms with Crippen molar-refractivity contribution in [2.45, 2.75) is 19.3 Å². The van der Waals surface area contributed by atoms with E-state index >= 15 is 0 Å². The zero-order valence-corrected chi connectivity index (χ0v) is 16.1. The highest BCUT2D eigenvalue weighted by molar-refractivity contribution is 7.11. The van der Waals surface area contributed by atoms with Gasteiger partial charge >= 0.3 is 11.6 Å². The lowest BCUT2D eigenvalue weighted by Gasteiger charge is -2.25. The quantitative estimate of drug-likeness (QED) is 0.641. The number of fused-ring (bicyclic) bond motifs is 1. The van der Waals surface area contributed by atoms with Crippen molar-refractivity contribution in [3.05, 3.63) is 72.1 Å². The summed E-state index contributed by atoms with van der Waals surface area (Å²) in [5.74, 6) is -1.14. The SMILES string of the molecule is CCOC(=O)c1c(O)c2c(oc1=O)C=C(c1cccs1)CC2c1cccs1. The van der Waals surface area contributed by atoms with Crippen LogP contribution in [0.15, 0.2) is 44.2 Å². The molecule has 3 aromatic heterocycles. The molecule has 138 valence electrons. The Morgan fingerprint density at radius 3 is 2.74 bits per heavy atom. The molecule has 0 radical (unpaired) electrons. The monoisotopic (exact) mass is 400 g/mol. The highest BCUT2D eigenvalue weighted by Crippen LogP contribution is 2.47. The molecule has 1 aliphatic carbocycles. The molecule has 3 heterocycles. The first-order chi connectivity index (χ1) is 13.1. The van der Waals surface area contributed by atoms with Gasteiger partial charge in [0, 0.05) is 21.2 Å². The van der Waals surface area contributed by atoms with Crippen LogP contribution in [0.4, 0.5) is 0 Å². The van der Waals surface area contributed by atoms with Crippen molar-refractivity contribution in [3.63, 3.8) is 0 Å². The maximum Gasteiger partial charge on any atom is 0.354 e. The number of aromatic hydroxyl groups is 1. The van der Waals surface area contributed by atoms with Gasteiger partial charge in [0.1, 0.15) is 11.5 Å². The number of rotatable bonds is 4. The Morgan fingerprint density at radius 2 is 2.07 bits per heavy atom. The fourth-order valence-electron chi connectivity index (χ4n) is 3.29. The summed E-state index contributed by atoms with van der Waals surface area (Å²) in [6, 6.07) is 7.89. The largest absolute Gasteiger partial charge is 0.506 e. The number of esters is 1. The molecule has 1 aliphatic rings. The maximum atomic E-state index is 12.4. The van der Waals surface area contributed by atoms with Gasteiger partial charge in [-0.3, -0.25) is 0 Å². The number of ether oxygens (including phenoxy) is 1. The van der Waals surface area contributed by atoms with Crippen LogP contribution in [0.3, 0.4) is 0 Å². The van der Waals surface area contributed by atoms with Crippen LogP contribution >= 0.6 is 22.7 Å². The molecule has 0 saturated heterocycles. The van der Waals surface area contributed by atoms with E-state index in [-0.39, 0.29) is 18.3 Å². The van der Waals surface area contributed by atoms with Gasteiger partial charge in [0.15, 0.2) is 5.56 Å². The minimum atomic E-state index is -0.890. The van der Waals surface area contributed by atoms with Crippen molar-refractivity contribution in [3.8, 4) is 5.75 Å². The number of allylic oxidation sites excluding steroid dienone is 1. The normalized spacial score (nSPS) is 15.9. The first-order valence-electron chi connectivity index (χ1n) is 8.45. The molecule has 0 amide bonds. The molecular formula is C20H16O5S2. The molecule has 1 N–H and O–H groups in total. The van der Waals surface area contributed by atoms with Crippen molar-refractivity contribution in [1.82, 2.24) is 0 Å². The fraction of sp³-hybridized carbons (Fsp3) is 0.200. The molecular weight excluding hydrogens is 384 g/mol. The molecule has 27 heavy (non-hydrogen) atoms. The molecule has 1 atom stereocenters. The summed E-state index contributed by atoms with van der Waals surface area (Å²) in [5, 5.41) is 14.8. The summed E-state index contributed by atoms with van der Waals surface area (Å²) in [5.41, 5.74) is 0.159. The van der Waals surface area contributed by atoms with Crippen LogP contribution in [-0.4, -0.2) is 17.7 Å². The minimum absolute atomic E-state index is 0.103. The van der Waals surface area contributed by atoms with E-state index in [0.717, 1.165) is 15.3 Å². The van der Waals surface area contributed by atoms with Crippen molar-refractivity contribution < 1.29 is 19.1 Å². The predicted octanol–water partition coefficient (Wildman–Crippen LogP) is 4.72. The van der Waals surface area contributed by atoms with E-state index in [1.165, 1.54) is 0 Å². The first-order valence-corrected chi connectivity index (χ1v) is 10.2. The summed E-state index contributed by atoms with van der Waals surface area (Å²) in [6.45, 7) is 1.74. The Hall–Kier alpha value is -2.64. The lowest BCUT2D eigenvalue weighted by atomic mass is 9.83. The molecule has 0 bridgehead atoms. The molecule has 0 saturated carbocycles. The van der Waals surface area contributed by atoms with Gasteiger partial charge in [0.05, 0.1) is 6.61 Å². The van der Waals surface area contributed by atoms with Crippen molar-refractivity contribution in [1.29, 1.82) is 0 Å². The van der Waals surface area contributed by atoms with E-state index in [2.05, 4.69) is 0 Å². The minimum Gasteiger partial charge on any atom is -0.506 e. The van der Waals surface area contributed by atoms with E-state index in [4.69, 9.17) is 9.15 Å². The van der Waals surface area contributed by atoms with Crippen molar-refractivity contribution in [2.75, 3.05) is 6.61 Å². The zero-order chi connectivity index (χ0) is 19.0. The summed E-state index contributed by atoms with van der Waals surface area (Å²) in [4.78, 5) is 26.6. The van der Waals surface area contributed by atoms with Crippen LogP contribution in [0, 0.1) is 0 Å². The topological polar surface area (TPSA) is 76.7 Å². The third kappa shape index (κ3) is 3.13. The van der Waals surface area contributed by atoms with Crippen LogP contribution < -0.4 is 5.63 Å². The Morgan fingerprint density at radius 1 is 1.30 bits per heavy atom. The van der Waals surface area contributed by atoms with Crippen LogP contribution in [-0.2, 0) is 4.74 Å². The van der Waals surface area contributed by atoms with E-state index in [9.17, 15) is 14.7 Å². The highest BCUT2D eigenvalue weighted by atomic mass is 32.1. The average molecular weight is 400 g/mol. The number of thiophene rings is 2. The van der Waals surface area contributed by atoms with Gasteiger partial charge in [0.25, 0.3) is 0 Å². The van der Waals surface area contributed by atoms with E-state index in [1.807, 2.05) is 35.0 Å². The molecule has 0 fully saturated rings. The summed E-state index contributed by atoms with van der Waals surface area (Å²) < 4.78 is 10.4. The molecule has 0 spiro atoms. The number of carbonyl (C=O) groups is 1. The standard InChI is InChI=1S/C20H16O5S2/c1-2-24-19(22)17-18(21)16-12(15-6-4-8-27-15)9-11(14-5-3-7-26-14)10-13(16)25-20(17)23/h3-8,10,12,21H,2,9H2,1H3. The number of hydrogen-bond donors (Lipinski definition) is 1. The molecule has 0 aromatic carbocycles. The van der Waals surface area contributed by atoms with Gasteiger partial charge in [-0.25, -0.2) is 9.59 Å². The maximum absolute atomic E-state index is 12.4. The van der Waals surface area contributed by atoms with Crippen molar-refractivity contribution >= 4 is 40.3 Å². The third-order valence-electron chi connectivity index (χ3n) is 4.45. The smallest absolute Gasteiger partial charge is 0.354 e. The van der Waals surface area contributed by atoms with Gasteiger partial charge in [-0.05, 0) is 47.9 Å². The van der Waals surface area contributed by atoms with Gasteiger partial charge in [-0.1, -0.05) is 12.1 Å². The molecule has 3 aromatic rings. The molecule has 5 nitrogen and oxygen atoms in total. The Balaban J connectivity index is 1.94. The molecule has 7 heteroatoms. The molecule has 4 rings (SSSR count). The Bertz CT molecular complexity index is 1060. The Kier molecular flexibility index (Phi) is 4.72. The van der Waals surface area contributed by atoms with E-state index in [0.29, 0.717) is 17.7 Å². The summed E-state index contributed by atoms with van der Waals surface area (Å²) >= 11 is 3.16. The summed E-state index contributed by atoms with van der Waals surface area (Å²) in [7, 11) is 0. The Labute approximate surface area is 163 Å². The van der Waals surface area contributed by atoms with Gasteiger partial charge in [-0.2, -0.15) is 0 Å². The van der Waals surface area contributed by atoms with Crippen LogP contribution in [0.5, 0.6) is 5.75 Å². The molecule has 1 unspecified atom stereocenters. The third-order valence-corrected chi connectivity index (χ3v) is 6.38. The fourth-order valence-corrected chi connectivity index (χ4v) is 4.88. The van der Waals surface area contributed by atoms with Crippen LogP contribution in [0.25, 0.3) is 11.6 Å². The second-order valence-electron chi connectivity index (χ2n) is 6.03. The van der Waals surface area contributed by atoms with E-state index in [1.54, 1.807) is 35.7 Å². The van der Waals surface area contributed by atoms with E-state index < -0.39 is 17.2 Å². The van der Waals surface area contributed by atoms with Crippen molar-refractivity contribution in [2.24, 2.45) is 0 Å². The lowest BCUT2D eigenvalue weighted by molar-refractivity contribution is 0.0517. The highest BCUT2D eigenvalue weighted by Gasteiger charge is 2.34. The van der Waals surface area contributed by atoms with Crippen LogP contribution in [0.1, 0.15) is 50.7 Å². The van der Waals surface area contributed by atoms with Crippen LogP contribution in [0.2, 0.25) is 0 Å². The predicted molar refractivity (Wildman–Crippen MR) is 106 cm³/mol. The molecule has 0 aliphatic heterocycles. The second-order valence-corrected chi connectivity index (χ2v) is 7.96. The average Bonchev–Trinajstić information content (AvgIpc) is 3.35.